The highest BCUT2D eigenvalue weighted by Gasteiger charge is 2.36. The Bertz CT molecular complexity index is 418. The fourth-order valence-corrected chi connectivity index (χ4v) is 2.76. The maximum Gasteiger partial charge on any atom is 0.171 e. The number of halogens is 1. The molecule has 4 heteroatoms. The van der Waals surface area contributed by atoms with Crippen molar-refractivity contribution in [2.45, 2.75) is 39.7 Å². The molecule has 0 saturated carbocycles. The third-order valence-corrected chi connectivity index (χ3v) is 4.36. The molecule has 18 heavy (non-hydrogen) atoms. The predicted molar refractivity (Wildman–Crippen MR) is 70.0 cm³/mol. The van der Waals surface area contributed by atoms with E-state index in [4.69, 9.17) is 5.11 Å². The lowest BCUT2D eigenvalue weighted by molar-refractivity contribution is 0.275. The molecule has 1 N–H and O–H groups in total. The molecule has 0 aromatic carbocycles. The molecule has 0 aliphatic carbocycles. The monoisotopic (exact) mass is 252 g/mol. The molecule has 0 bridgehead atoms. The lowest BCUT2D eigenvalue weighted by Gasteiger charge is -2.27. The smallest absolute Gasteiger partial charge is 0.171 e. The first-order valence-electron chi connectivity index (χ1n) is 6.65. The molecule has 0 spiro atoms. The summed E-state index contributed by atoms with van der Waals surface area (Å²) >= 11 is 0. The minimum atomic E-state index is -0.372. The number of hydrogen-bond donors (Lipinski definition) is 1. The molecule has 1 aliphatic heterocycles. The first-order valence-corrected chi connectivity index (χ1v) is 6.65. The number of aliphatic hydroxyl groups is 1. The molecular formula is C14H21FN2O. The SMILES string of the molecule is CCC1(CC)CCN(c2nccc(CO)c2F)C1. The van der Waals surface area contributed by atoms with E-state index in [2.05, 4.69) is 18.8 Å². The fourth-order valence-electron chi connectivity index (χ4n) is 2.76. The van der Waals surface area contributed by atoms with Gasteiger partial charge >= 0.3 is 0 Å². The number of rotatable bonds is 4. The lowest BCUT2D eigenvalue weighted by Crippen LogP contribution is -2.27. The van der Waals surface area contributed by atoms with Gasteiger partial charge in [0.2, 0.25) is 0 Å². The van der Waals surface area contributed by atoms with E-state index in [9.17, 15) is 4.39 Å². The highest BCUT2D eigenvalue weighted by molar-refractivity contribution is 5.44. The van der Waals surface area contributed by atoms with Crippen LogP contribution < -0.4 is 4.90 Å². The average molecular weight is 252 g/mol. The first kappa shape index (κ1) is 13.3. The quantitative estimate of drug-likeness (QED) is 0.895. The van der Waals surface area contributed by atoms with Gasteiger partial charge in [-0.25, -0.2) is 9.37 Å². The van der Waals surface area contributed by atoms with E-state index in [1.54, 1.807) is 6.20 Å². The Kier molecular flexibility index (Phi) is 3.85. The van der Waals surface area contributed by atoms with Crippen molar-refractivity contribution in [1.29, 1.82) is 0 Å². The molecule has 0 unspecified atom stereocenters. The number of anilines is 1. The molecule has 0 atom stereocenters. The Labute approximate surface area is 108 Å². The van der Waals surface area contributed by atoms with Crippen LogP contribution in [0.2, 0.25) is 0 Å². The fraction of sp³-hybridized carbons (Fsp3) is 0.643. The minimum Gasteiger partial charge on any atom is -0.392 e. The number of nitrogens with zero attached hydrogens (tertiary/aromatic N) is 2. The summed E-state index contributed by atoms with van der Waals surface area (Å²) < 4.78 is 14.1. The van der Waals surface area contributed by atoms with Crippen molar-refractivity contribution in [2.24, 2.45) is 5.41 Å². The molecule has 0 amide bonds. The Hall–Kier alpha value is -1.16. The first-order chi connectivity index (χ1) is 8.65. The van der Waals surface area contributed by atoms with Crippen LogP contribution in [-0.4, -0.2) is 23.2 Å². The molecule has 1 aliphatic rings. The summed E-state index contributed by atoms with van der Waals surface area (Å²) in [7, 11) is 0. The van der Waals surface area contributed by atoms with Crippen molar-refractivity contribution in [3.8, 4) is 0 Å². The summed E-state index contributed by atoms with van der Waals surface area (Å²) in [5.41, 5.74) is 0.620. The molecule has 100 valence electrons. The Morgan fingerprint density at radius 3 is 2.72 bits per heavy atom. The van der Waals surface area contributed by atoms with Crippen LogP contribution in [0.15, 0.2) is 12.3 Å². The van der Waals surface area contributed by atoms with E-state index >= 15 is 0 Å². The van der Waals surface area contributed by atoms with Gasteiger partial charge in [-0.15, -0.1) is 0 Å². The Morgan fingerprint density at radius 1 is 1.44 bits per heavy atom. The van der Waals surface area contributed by atoms with E-state index in [-0.39, 0.29) is 12.4 Å². The molecule has 1 aromatic heterocycles. The summed E-state index contributed by atoms with van der Waals surface area (Å²) in [5.74, 6) is 0.0216. The topological polar surface area (TPSA) is 36.4 Å². The number of aromatic nitrogens is 1. The normalized spacial score (nSPS) is 18.3. The summed E-state index contributed by atoms with van der Waals surface area (Å²) in [6.45, 7) is 5.82. The summed E-state index contributed by atoms with van der Waals surface area (Å²) in [4.78, 5) is 6.16. The zero-order valence-electron chi connectivity index (χ0n) is 11.1. The maximum absolute atomic E-state index is 14.1. The molecule has 0 radical (unpaired) electrons. The van der Waals surface area contributed by atoms with Crippen LogP contribution in [0.4, 0.5) is 10.2 Å². The van der Waals surface area contributed by atoms with Gasteiger partial charge in [0.05, 0.1) is 6.61 Å². The molecule has 3 nitrogen and oxygen atoms in total. The van der Waals surface area contributed by atoms with Crippen LogP contribution in [0, 0.1) is 11.2 Å². The van der Waals surface area contributed by atoms with E-state index in [1.807, 2.05) is 4.90 Å². The van der Waals surface area contributed by atoms with Crippen molar-refractivity contribution in [1.82, 2.24) is 4.98 Å². The van der Waals surface area contributed by atoms with Crippen molar-refractivity contribution >= 4 is 5.82 Å². The van der Waals surface area contributed by atoms with Gasteiger partial charge in [0, 0.05) is 24.8 Å². The number of aliphatic hydroxyl groups excluding tert-OH is 1. The summed E-state index contributed by atoms with van der Waals surface area (Å²) in [5, 5.41) is 9.09. The standard InChI is InChI=1S/C14H21FN2O/c1-3-14(4-2)6-8-17(10-14)13-12(15)11(9-18)5-7-16-13/h5,7,18H,3-4,6,8-10H2,1-2H3. The van der Waals surface area contributed by atoms with Gasteiger partial charge in [-0.05, 0) is 30.7 Å². The van der Waals surface area contributed by atoms with Gasteiger partial charge in [0.25, 0.3) is 0 Å². The van der Waals surface area contributed by atoms with Gasteiger partial charge in [-0.2, -0.15) is 0 Å². The molecule has 1 aromatic rings. The third-order valence-electron chi connectivity index (χ3n) is 4.36. The molecule has 2 heterocycles. The second kappa shape index (κ2) is 5.22. The van der Waals surface area contributed by atoms with Crippen LogP contribution in [0.25, 0.3) is 0 Å². The highest BCUT2D eigenvalue weighted by Crippen LogP contribution is 2.39. The van der Waals surface area contributed by atoms with E-state index in [0.29, 0.717) is 16.8 Å². The zero-order chi connectivity index (χ0) is 13.2. The number of pyridine rings is 1. The van der Waals surface area contributed by atoms with Gasteiger partial charge in [-0.3, -0.25) is 0 Å². The Balaban J connectivity index is 2.24. The van der Waals surface area contributed by atoms with Crippen LogP contribution in [0.5, 0.6) is 0 Å². The van der Waals surface area contributed by atoms with Crippen molar-refractivity contribution < 1.29 is 9.50 Å². The minimum absolute atomic E-state index is 0.276. The van der Waals surface area contributed by atoms with Gasteiger partial charge in [0.15, 0.2) is 11.6 Å². The van der Waals surface area contributed by atoms with Crippen LogP contribution >= 0.6 is 0 Å². The van der Waals surface area contributed by atoms with E-state index < -0.39 is 0 Å². The van der Waals surface area contributed by atoms with E-state index in [1.165, 1.54) is 6.07 Å². The number of hydrogen-bond acceptors (Lipinski definition) is 3. The molecule has 2 rings (SSSR count). The van der Waals surface area contributed by atoms with Crippen LogP contribution in [0.3, 0.4) is 0 Å². The second-order valence-electron chi connectivity index (χ2n) is 5.14. The third kappa shape index (κ3) is 2.21. The molecular weight excluding hydrogens is 231 g/mol. The zero-order valence-corrected chi connectivity index (χ0v) is 11.1. The van der Waals surface area contributed by atoms with Gasteiger partial charge in [0.1, 0.15) is 0 Å². The highest BCUT2D eigenvalue weighted by atomic mass is 19.1. The average Bonchev–Trinajstić information content (AvgIpc) is 2.84. The predicted octanol–water partition coefficient (Wildman–Crippen LogP) is 2.73. The van der Waals surface area contributed by atoms with Crippen LogP contribution in [0.1, 0.15) is 38.7 Å². The van der Waals surface area contributed by atoms with Crippen molar-refractivity contribution in [3.05, 3.63) is 23.6 Å². The largest absolute Gasteiger partial charge is 0.392 e. The Morgan fingerprint density at radius 2 is 2.17 bits per heavy atom. The second-order valence-corrected chi connectivity index (χ2v) is 5.14. The lowest BCUT2D eigenvalue weighted by atomic mass is 9.82. The van der Waals surface area contributed by atoms with Gasteiger partial charge < -0.3 is 10.0 Å². The van der Waals surface area contributed by atoms with Crippen molar-refractivity contribution in [2.75, 3.05) is 18.0 Å². The summed E-state index contributed by atoms with van der Waals surface area (Å²) in [6.07, 6.45) is 4.88. The maximum atomic E-state index is 14.1. The van der Waals surface area contributed by atoms with Crippen LogP contribution in [-0.2, 0) is 6.61 Å². The van der Waals surface area contributed by atoms with Crippen molar-refractivity contribution in [3.63, 3.8) is 0 Å². The molecule has 1 fully saturated rings. The van der Waals surface area contributed by atoms with Gasteiger partial charge in [-0.1, -0.05) is 13.8 Å². The van der Waals surface area contributed by atoms with E-state index in [0.717, 1.165) is 32.4 Å². The summed E-state index contributed by atoms with van der Waals surface area (Å²) in [6, 6.07) is 1.53. The molecule has 1 saturated heterocycles.